The van der Waals surface area contributed by atoms with E-state index < -0.39 is 0 Å². The maximum Gasteiger partial charge on any atom is 0.250 e. The van der Waals surface area contributed by atoms with Crippen LogP contribution in [0.3, 0.4) is 0 Å². The molecule has 1 atom stereocenters. The van der Waals surface area contributed by atoms with Gasteiger partial charge in [0, 0.05) is 19.5 Å². The lowest BCUT2D eigenvalue weighted by molar-refractivity contribution is -0.170. The molecule has 0 radical (unpaired) electrons. The maximum atomic E-state index is 12.6. The molecule has 3 rings (SSSR count). The molecule has 5 heteroatoms. The zero-order valence-corrected chi connectivity index (χ0v) is 10.9. The molecule has 2 heterocycles. The zero-order valence-electron chi connectivity index (χ0n) is 10.9. The highest BCUT2D eigenvalue weighted by atomic mass is 16.5. The molecule has 0 aromatic rings. The van der Waals surface area contributed by atoms with Gasteiger partial charge in [-0.25, -0.2) is 10.0 Å². The monoisotopic (exact) mass is 252 g/mol. The van der Waals surface area contributed by atoms with Gasteiger partial charge in [-0.2, -0.15) is 0 Å². The first-order valence-corrected chi connectivity index (χ1v) is 6.86. The molecule has 2 amide bonds. The lowest BCUT2D eigenvalue weighted by atomic mass is 9.85. The van der Waals surface area contributed by atoms with Crippen molar-refractivity contribution in [3.8, 4) is 0 Å². The molecular formula is C13H20N2O3. The maximum absolute atomic E-state index is 12.6. The standard InChI is InChI=1S/C13H20N2O3/c1-10-9-14(6-7-18-10)15-11(16)8-13(12(15)17)4-2-3-5-13/h10H,2-9H2,1H3. The van der Waals surface area contributed by atoms with Crippen LogP contribution in [0.4, 0.5) is 0 Å². The highest BCUT2D eigenvalue weighted by Crippen LogP contribution is 2.47. The molecule has 1 spiro atoms. The SMILES string of the molecule is CC1CN(N2C(=O)CC3(CCCC3)C2=O)CCO1. The normalized spacial score (nSPS) is 32.7. The molecule has 5 nitrogen and oxygen atoms in total. The van der Waals surface area contributed by atoms with Gasteiger partial charge in [0.2, 0.25) is 5.91 Å². The minimum atomic E-state index is -0.362. The van der Waals surface area contributed by atoms with Crippen LogP contribution in [0.5, 0.6) is 0 Å². The van der Waals surface area contributed by atoms with Crippen LogP contribution < -0.4 is 0 Å². The molecule has 100 valence electrons. The number of imide groups is 1. The number of hydrogen-bond acceptors (Lipinski definition) is 4. The number of carbonyl (C=O) groups is 2. The largest absolute Gasteiger partial charge is 0.376 e. The lowest BCUT2D eigenvalue weighted by Gasteiger charge is -2.36. The predicted octanol–water partition coefficient (Wildman–Crippen LogP) is 0.941. The zero-order chi connectivity index (χ0) is 12.8. The molecule has 2 saturated heterocycles. The van der Waals surface area contributed by atoms with Gasteiger partial charge in [0.25, 0.3) is 5.91 Å². The van der Waals surface area contributed by atoms with Crippen molar-refractivity contribution in [2.24, 2.45) is 5.41 Å². The van der Waals surface area contributed by atoms with E-state index in [0.717, 1.165) is 25.7 Å². The Balaban J connectivity index is 1.80. The van der Waals surface area contributed by atoms with E-state index in [4.69, 9.17) is 4.74 Å². The average molecular weight is 252 g/mol. The van der Waals surface area contributed by atoms with Gasteiger partial charge in [-0.1, -0.05) is 12.8 Å². The first kappa shape index (κ1) is 12.1. The van der Waals surface area contributed by atoms with Crippen molar-refractivity contribution >= 4 is 11.8 Å². The van der Waals surface area contributed by atoms with Crippen LogP contribution >= 0.6 is 0 Å². The molecular weight excluding hydrogens is 232 g/mol. The lowest BCUT2D eigenvalue weighted by Crippen LogP contribution is -2.54. The second kappa shape index (κ2) is 4.31. The van der Waals surface area contributed by atoms with E-state index in [1.807, 2.05) is 11.9 Å². The van der Waals surface area contributed by atoms with Crippen molar-refractivity contribution in [3.05, 3.63) is 0 Å². The Labute approximate surface area is 107 Å². The van der Waals surface area contributed by atoms with Crippen molar-refractivity contribution in [3.63, 3.8) is 0 Å². The summed E-state index contributed by atoms with van der Waals surface area (Å²) in [7, 11) is 0. The summed E-state index contributed by atoms with van der Waals surface area (Å²) in [5.74, 6) is 0.0232. The Hall–Kier alpha value is -0.940. The summed E-state index contributed by atoms with van der Waals surface area (Å²) in [5.41, 5.74) is -0.362. The van der Waals surface area contributed by atoms with Crippen molar-refractivity contribution in [2.75, 3.05) is 19.7 Å². The topological polar surface area (TPSA) is 49.9 Å². The fraction of sp³-hybridized carbons (Fsp3) is 0.846. The predicted molar refractivity (Wildman–Crippen MR) is 64.4 cm³/mol. The first-order chi connectivity index (χ1) is 8.62. The summed E-state index contributed by atoms with van der Waals surface area (Å²) in [6.45, 7) is 3.83. The number of carbonyl (C=O) groups excluding carboxylic acids is 2. The van der Waals surface area contributed by atoms with Crippen LogP contribution in [-0.2, 0) is 14.3 Å². The van der Waals surface area contributed by atoms with Gasteiger partial charge in [0.05, 0.1) is 18.1 Å². The minimum absolute atomic E-state index is 0.0176. The molecule has 1 saturated carbocycles. The van der Waals surface area contributed by atoms with Gasteiger partial charge in [0.15, 0.2) is 0 Å². The van der Waals surface area contributed by atoms with Crippen LogP contribution in [0.2, 0.25) is 0 Å². The van der Waals surface area contributed by atoms with E-state index in [-0.39, 0.29) is 23.3 Å². The fourth-order valence-corrected chi connectivity index (χ4v) is 3.49. The number of nitrogens with zero attached hydrogens (tertiary/aromatic N) is 2. The summed E-state index contributed by atoms with van der Waals surface area (Å²) in [6, 6.07) is 0. The van der Waals surface area contributed by atoms with Crippen molar-refractivity contribution in [1.29, 1.82) is 0 Å². The van der Waals surface area contributed by atoms with E-state index in [9.17, 15) is 9.59 Å². The molecule has 0 aromatic heterocycles. The summed E-state index contributed by atoms with van der Waals surface area (Å²) >= 11 is 0. The van der Waals surface area contributed by atoms with Crippen LogP contribution in [0.15, 0.2) is 0 Å². The third kappa shape index (κ3) is 1.77. The number of hydrazine groups is 1. The number of morpholine rings is 1. The summed E-state index contributed by atoms with van der Waals surface area (Å²) in [6.07, 6.45) is 4.41. The van der Waals surface area contributed by atoms with Gasteiger partial charge in [-0.3, -0.25) is 9.59 Å². The smallest absolute Gasteiger partial charge is 0.250 e. The molecule has 0 aromatic carbocycles. The Morgan fingerprint density at radius 3 is 2.67 bits per heavy atom. The van der Waals surface area contributed by atoms with Crippen LogP contribution in [0.25, 0.3) is 0 Å². The Kier molecular flexibility index (Phi) is 2.90. The van der Waals surface area contributed by atoms with E-state index in [1.165, 1.54) is 5.01 Å². The molecule has 0 N–H and O–H groups in total. The molecule has 3 aliphatic rings. The third-order valence-corrected chi connectivity index (χ3v) is 4.44. The second-order valence-electron chi connectivity index (χ2n) is 5.77. The number of rotatable bonds is 1. The average Bonchev–Trinajstić information content (AvgIpc) is 2.87. The first-order valence-electron chi connectivity index (χ1n) is 6.86. The van der Waals surface area contributed by atoms with E-state index in [2.05, 4.69) is 0 Å². The van der Waals surface area contributed by atoms with Crippen molar-refractivity contribution in [1.82, 2.24) is 10.0 Å². The van der Waals surface area contributed by atoms with Gasteiger partial charge in [-0.15, -0.1) is 0 Å². The van der Waals surface area contributed by atoms with Crippen LogP contribution in [0, 0.1) is 5.41 Å². The number of hydrogen-bond donors (Lipinski definition) is 0. The molecule has 1 unspecified atom stereocenters. The highest BCUT2D eigenvalue weighted by Gasteiger charge is 2.54. The second-order valence-corrected chi connectivity index (χ2v) is 5.77. The van der Waals surface area contributed by atoms with Crippen molar-refractivity contribution < 1.29 is 14.3 Å². The van der Waals surface area contributed by atoms with Crippen LogP contribution in [0.1, 0.15) is 39.0 Å². The van der Waals surface area contributed by atoms with Gasteiger partial charge < -0.3 is 4.74 Å². The highest BCUT2D eigenvalue weighted by molar-refractivity contribution is 6.05. The third-order valence-electron chi connectivity index (χ3n) is 4.44. The molecule has 3 fully saturated rings. The molecule has 18 heavy (non-hydrogen) atoms. The van der Waals surface area contributed by atoms with Crippen molar-refractivity contribution in [2.45, 2.75) is 45.1 Å². The van der Waals surface area contributed by atoms with Gasteiger partial charge in [0.1, 0.15) is 0 Å². The van der Waals surface area contributed by atoms with Crippen LogP contribution in [-0.4, -0.2) is 47.6 Å². The summed E-state index contributed by atoms with van der Waals surface area (Å²) < 4.78 is 5.46. The summed E-state index contributed by atoms with van der Waals surface area (Å²) in [5, 5.41) is 3.30. The number of amides is 2. The number of ether oxygens (including phenoxy) is 1. The minimum Gasteiger partial charge on any atom is -0.376 e. The van der Waals surface area contributed by atoms with E-state index in [0.29, 0.717) is 26.1 Å². The molecule has 0 bridgehead atoms. The van der Waals surface area contributed by atoms with E-state index >= 15 is 0 Å². The Morgan fingerprint density at radius 2 is 2.00 bits per heavy atom. The quantitative estimate of drug-likeness (QED) is 0.652. The summed E-state index contributed by atoms with van der Waals surface area (Å²) in [4.78, 5) is 24.7. The van der Waals surface area contributed by atoms with Gasteiger partial charge >= 0.3 is 0 Å². The Morgan fingerprint density at radius 1 is 1.28 bits per heavy atom. The molecule has 2 aliphatic heterocycles. The Bertz CT molecular complexity index is 376. The van der Waals surface area contributed by atoms with Gasteiger partial charge in [-0.05, 0) is 19.8 Å². The van der Waals surface area contributed by atoms with E-state index in [1.54, 1.807) is 0 Å². The molecule has 1 aliphatic carbocycles. The fourth-order valence-electron chi connectivity index (χ4n) is 3.49.